The molecule has 0 aliphatic carbocycles. The number of fused-ring (bicyclic) bond motifs is 1. The van der Waals surface area contributed by atoms with Crippen LogP contribution in [0.15, 0.2) is 66.7 Å². The van der Waals surface area contributed by atoms with Crippen LogP contribution in [0, 0.1) is 0 Å². The highest BCUT2D eigenvalue weighted by Crippen LogP contribution is 2.17. The van der Waals surface area contributed by atoms with Crippen LogP contribution in [0.4, 0.5) is 0 Å². The monoisotopic (exact) mass is 626 g/mol. The minimum atomic E-state index is -1.39. The smallest absolute Gasteiger partial charge is 0.305 e. The molecule has 3 atom stereocenters. The number of ketones is 1. The number of para-hydroxylation sites is 1. The lowest BCUT2D eigenvalue weighted by molar-refractivity contribution is -0.143. The lowest BCUT2D eigenvalue weighted by Crippen LogP contribution is -2.56. The molecule has 3 unspecified atom stereocenters. The highest BCUT2D eigenvalue weighted by atomic mass is 16.4. The average molecular weight is 627 g/mol. The Balaban J connectivity index is 1.24. The van der Waals surface area contributed by atoms with E-state index in [1.807, 2.05) is 48.5 Å². The summed E-state index contributed by atoms with van der Waals surface area (Å²) < 4.78 is 1.27. The van der Waals surface area contributed by atoms with Gasteiger partial charge in [0.1, 0.15) is 24.3 Å². The number of carbonyl (C=O) groups excluding carboxylic acids is 4. The predicted molar refractivity (Wildman–Crippen MR) is 164 cm³/mol. The summed E-state index contributed by atoms with van der Waals surface area (Å²) in [6.45, 7) is 1.39. The van der Waals surface area contributed by atoms with Gasteiger partial charge in [-0.3, -0.25) is 24.0 Å². The third-order valence-corrected chi connectivity index (χ3v) is 7.91. The molecular formula is C32H34N8O6. The van der Waals surface area contributed by atoms with Crippen LogP contribution in [-0.2, 0) is 32.1 Å². The molecule has 3 amide bonds. The van der Waals surface area contributed by atoms with Crippen LogP contribution in [0.1, 0.15) is 54.5 Å². The number of benzene rings is 2. The van der Waals surface area contributed by atoms with Crippen molar-refractivity contribution in [3.8, 4) is 0 Å². The molecule has 1 aliphatic rings. The molecule has 1 fully saturated rings. The van der Waals surface area contributed by atoms with E-state index in [2.05, 4.69) is 31.1 Å². The SMILES string of the molecule is CC(C(=O)NC(CC(=O)O)C(=O)Cn1nnnc1Cc1ccccc1)N1CCCCC(NC(=O)c2ccc3ccccc3n2)C1=O. The number of likely N-dealkylation sites (tertiary alicyclic amines) is 1. The third-order valence-electron chi connectivity index (χ3n) is 7.91. The van der Waals surface area contributed by atoms with Crippen molar-refractivity contribution in [1.82, 2.24) is 40.7 Å². The number of amides is 3. The Labute approximate surface area is 264 Å². The standard InChI is InChI=1S/C32H34N8O6/c1-20(39-16-8-7-13-25(32(39)46)34-31(45)24-15-14-22-11-5-6-12-23(22)33-24)30(44)35-26(18-29(42)43)27(41)19-40-28(36-37-38-40)17-21-9-3-2-4-10-21/h2-6,9-12,14-15,20,25-26H,7-8,13,16-19H2,1H3,(H,34,45)(H,35,44)(H,42,43). The molecular weight excluding hydrogens is 592 g/mol. The molecule has 14 heteroatoms. The van der Waals surface area contributed by atoms with Crippen molar-refractivity contribution >= 4 is 40.4 Å². The molecule has 3 heterocycles. The minimum absolute atomic E-state index is 0.164. The summed E-state index contributed by atoms with van der Waals surface area (Å²) in [5.41, 5.74) is 1.73. The van der Waals surface area contributed by atoms with E-state index in [4.69, 9.17) is 0 Å². The Bertz CT molecular complexity index is 1740. The van der Waals surface area contributed by atoms with Gasteiger partial charge in [0.05, 0.1) is 18.0 Å². The number of rotatable bonds is 12. The highest BCUT2D eigenvalue weighted by molar-refractivity contribution is 5.99. The zero-order valence-corrected chi connectivity index (χ0v) is 25.2. The van der Waals surface area contributed by atoms with Gasteiger partial charge in [-0.05, 0) is 54.3 Å². The van der Waals surface area contributed by atoms with E-state index in [9.17, 15) is 29.1 Å². The van der Waals surface area contributed by atoms with Gasteiger partial charge in [0.25, 0.3) is 5.91 Å². The van der Waals surface area contributed by atoms with Gasteiger partial charge >= 0.3 is 5.97 Å². The quantitative estimate of drug-likeness (QED) is 0.208. The fraction of sp³-hybridized carbons (Fsp3) is 0.344. The van der Waals surface area contributed by atoms with E-state index in [-0.39, 0.29) is 18.8 Å². The molecule has 0 bridgehead atoms. The first-order valence-corrected chi connectivity index (χ1v) is 15.0. The van der Waals surface area contributed by atoms with Gasteiger partial charge in [-0.2, -0.15) is 0 Å². The number of aromatic nitrogens is 5. The molecule has 2 aromatic heterocycles. The summed E-state index contributed by atoms with van der Waals surface area (Å²) >= 11 is 0. The lowest BCUT2D eigenvalue weighted by Gasteiger charge is -2.30. The average Bonchev–Trinajstić information content (AvgIpc) is 3.40. The van der Waals surface area contributed by atoms with E-state index in [1.165, 1.54) is 16.5 Å². The molecule has 238 valence electrons. The van der Waals surface area contributed by atoms with E-state index in [1.54, 1.807) is 18.2 Å². The summed E-state index contributed by atoms with van der Waals surface area (Å²) in [6.07, 6.45) is 1.27. The largest absolute Gasteiger partial charge is 0.481 e. The number of carboxylic acids is 1. The summed E-state index contributed by atoms with van der Waals surface area (Å²) in [6, 6.07) is 16.8. The number of aliphatic carboxylic acids is 1. The maximum absolute atomic E-state index is 13.6. The van der Waals surface area contributed by atoms with Gasteiger partial charge in [0.15, 0.2) is 11.6 Å². The van der Waals surface area contributed by atoms with E-state index >= 15 is 0 Å². The predicted octanol–water partition coefficient (Wildman–Crippen LogP) is 1.54. The molecule has 0 spiro atoms. The molecule has 1 saturated heterocycles. The number of carboxylic acid groups (broad SMARTS) is 1. The number of Topliss-reactive ketones (excluding diaryl/α,β-unsaturated/α-hetero) is 1. The summed E-state index contributed by atoms with van der Waals surface area (Å²) in [7, 11) is 0. The molecule has 14 nitrogen and oxygen atoms in total. The van der Waals surface area contributed by atoms with Crippen molar-refractivity contribution < 1.29 is 29.1 Å². The number of nitrogens with one attached hydrogen (secondary N) is 2. The topological polar surface area (TPSA) is 189 Å². The number of hydrogen-bond donors (Lipinski definition) is 3. The zero-order valence-electron chi connectivity index (χ0n) is 25.2. The Morgan fingerprint density at radius 1 is 1.00 bits per heavy atom. The van der Waals surface area contributed by atoms with Crippen molar-refractivity contribution in [2.45, 2.75) is 63.7 Å². The zero-order chi connectivity index (χ0) is 32.6. The lowest BCUT2D eigenvalue weighted by atomic mass is 10.1. The third kappa shape index (κ3) is 7.75. The number of pyridine rings is 1. The summed E-state index contributed by atoms with van der Waals surface area (Å²) in [4.78, 5) is 70.7. The molecule has 1 aliphatic heterocycles. The minimum Gasteiger partial charge on any atom is -0.481 e. The van der Waals surface area contributed by atoms with Gasteiger partial charge in [-0.1, -0.05) is 54.6 Å². The highest BCUT2D eigenvalue weighted by Gasteiger charge is 2.35. The first-order chi connectivity index (χ1) is 22.2. The summed E-state index contributed by atoms with van der Waals surface area (Å²) in [5.74, 6) is -3.16. The Hall–Kier alpha value is -5.53. The van der Waals surface area contributed by atoms with E-state index in [0.29, 0.717) is 37.0 Å². The molecule has 2 aromatic carbocycles. The number of hydrogen-bond acceptors (Lipinski definition) is 9. The molecule has 4 aromatic rings. The first kappa shape index (κ1) is 31.9. The fourth-order valence-electron chi connectivity index (χ4n) is 5.37. The van der Waals surface area contributed by atoms with Crippen LogP contribution in [0.25, 0.3) is 10.9 Å². The first-order valence-electron chi connectivity index (χ1n) is 15.0. The maximum atomic E-state index is 13.6. The summed E-state index contributed by atoms with van der Waals surface area (Å²) in [5, 5.41) is 27.2. The van der Waals surface area contributed by atoms with E-state index in [0.717, 1.165) is 10.9 Å². The van der Waals surface area contributed by atoms with Crippen molar-refractivity contribution in [3.63, 3.8) is 0 Å². The van der Waals surface area contributed by atoms with Gasteiger partial charge in [0.2, 0.25) is 11.8 Å². The van der Waals surface area contributed by atoms with Gasteiger partial charge in [-0.25, -0.2) is 9.67 Å². The Morgan fingerprint density at radius 3 is 2.54 bits per heavy atom. The van der Waals surface area contributed by atoms with Gasteiger partial charge < -0.3 is 20.6 Å². The van der Waals surface area contributed by atoms with Crippen LogP contribution < -0.4 is 10.6 Å². The Morgan fingerprint density at radius 2 is 1.76 bits per heavy atom. The second kappa shape index (κ2) is 14.5. The fourth-order valence-corrected chi connectivity index (χ4v) is 5.37. The van der Waals surface area contributed by atoms with Crippen molar-refractivity contribution in [2.24, 2.45) is 0 Å². The Kier molecular flexibility index (Phi) is 10.0. The van der Waals surface area contributed by atoms with E-state index < -0.39 is 54.0 Å². The van der Waals surface area contributed by atoms with Crippen molar-refractivity contribution in [2.75, 3.05) is 6.54 Å². The van der Waals surface area contributed by atoms with Crippen molar-refractivity contribution in [1.29, 1.82) is 0 Å². The van der Waals surface area contributed by atoms with Gasteiger partial charge in [-0.15, -0.1) is 5.10 Å². The number of nitrogens with zero attached hydrogens (tertiary/aromatic N) is 6. The molecule has 3 N–H and O–H groups in total. The number of carbonyl (C=O) groups is 5. The maximum Gasteiger partial charge on any atom is 0.305 e. The normalized spacial score (nSPS) is 16.3. The molecule has 46 heavy (non-hydrogen) atoms. The van der Waals surface area contributed by atoms with Crippen LogP contribution in [0.5, 0.6) is 0 Å². The van der Waals surface area contributed by atoms with Gasteiger partial charge in [0, 0.05) is 18.4 Å². The second-order valence-corrected chi connectivity index (χ2v) is 11.2. The van der Waals surface area contributed by atoms with Crippen LogP contribution >= 0.6 is 0 Å². The van der Waals surface area contributed by atoms with Crippen molar-refractivity contribution in [3.05, 3.63) is 83.8 Å². The molecule has 0 radical (unpaired) electrons. The second-order valence-electron chi connectivity index (χ2n) is 11.2. The van der Waals surface area contributed by atoms with Crippen LogP contribution in [0.2, 0.25) is 0 Å². The number of tetrazole rings is 1. The molecule has 5 rings (SSSR count). The van der Waals surface area contributed by atoms with Crippen LogP contribution in [-0.4, -0.2) is 89.3 Å². The molecule has 0 saturated carbocycles. The van der Waals surface area contributed by atoms with Crippen LogP contribution in [0.3, 0.4) is 0 Å².